The van der Waals surface area contributed by atoms with Crippen LogP contribution in [0.1, 0.15) is 15.9 Å². The van der Waals surface area contributed by atoms with Gasteiger partial charge in [0.05, 0.1) is 18.1 Å². The lowest BCUT2D eigenvalue weighted by Gasteiger charge is -2.12. The van der Waals surface area contributed by atoms with Crippen LogP contribution in [-0.4, -0.2) is 29.5 Å². The maximum Gasteiger partial charge on any atom is 0.387 e. The minimum Gasteiger partial charge on any atom is -0.493 e. The zero-order chi connectivity index (χ0) is 23.1. The van der Waals surface area contributed by atoms with Crippen LogP contribution in [-0.2, 0) is 5.75 Å². The Balaban J connectivity index is 1.75. The molecule has 1 aromatic heterocycles. The summed E-state index contributed by atoms with van der Waals surface area (Å²) < 4.78 is 34.3. The van der Waals surface area contributed by atoms with Crippen LogP contribution in [0, 0.1) is 10.1 Å². The number of pyridine rings is 1. The smallest absolute Gasteiger partial charge is 0.387 e. The highest BCUT2D eigenvalue weighted by Crippen LogP contribution is 2.36. The minimum atomic E-state index is -3.21. The molecular formula is C21H17F2N3O5S. The average molecular weight is 461 g/mol. The molecule has 32 heavy (non-hydrogen) atoms. The van der Waals surface area contributed by atoms with Gasteiger partial charge in [-0.05, 0) is 35.9 Å². The second-order valence-corrected chi connectivity index (χ2v) is 7.33. The van der Waals surface area contributed by atoms with Gasteiger partial charge < -0.3 is 14.8 Å². The molecule has 0 unspecified atom stereocenters. The second kappa shape index (κ2) is 10.5. The monoisotopic (exact) mass is 461 g/mol. The number of ether oxygens (including phenoxy) is 2. The first kappa shape index (κ1) is 22.9. The number of nitrogens with one attached hydrogen (secondary N) is 1. The molecule has 0 spiro atoms. The summed E-state index contributed by atoms with van der Waals surface area (Å²) >= 11 is 1.58. The van der Waals surface area contributed by atoms with Crippen LogP contribution in [0.25, 0.3) is 0 Å². The van der Waals surface area contributed by atoms with Gasteiger partial charge in [-0.3, -0.25) is 19.9 Å². The van der Waals surface area contributed by atoms with E-state index in [1.807, 2.05) is 12.1 Å². The van der Waals surface area contributed by atoms with Gasteiger partial charge in [0, 0.05) is 34.8 Å². The van der Waals surface area contributed by atoms with Crippen LogP contribution < -0.4 is 14.8 Å². The van der Waals surface area contributed by atoms with Crippen molar-refractivity contribution in [2.75, 3.05) is 12.4 Å². The molecule has 166 valence electrons. The second-order valence-electron chi connectivity index (χ2n) is 6.28. The van der Waals surface area contributed by atoms with Crippen molar-refractivity contribution in [3.63, 3.8) is 0 Å². The fourth-order valence-corrected chi connectivity index (χ4v) is 3.55. The van der Waals surface area contributed by atoms with E-state index in [-0.39, 0.29) is 11.3 Å². The maximum atomic E-state index is 12.7. The number of alkyl halides is 2. The predicted octanol–water partition coefficient (Wildman–Crippen LogP) is 5.14. The first-order valence-corrected chi connectivity index (χ1v) is 10.1. The number of anilines is 1. The minimum absolute atomic E-state index is 0.233. The number of rotatable bonds is 9. The number of aromatic nitrogens is 1. The Morgan fingerprint density at radius 2 is 1.97 bits per heavy atom. The van der Waals surface area contributed by atoms with Crippen LogP contribution in [0.5, 0.6) is 11.5 Å². The van der Waals surface area contributed by atoms with Crippen molar-refractivity contribution in [2.45, 2.75) is 17.3 Å². The number of nitro groups is 1. The highest BCUT2D eigenvalue weighted by Gasteiger charge is 2.26. The fraction of sp³-hybridized carbons (Fsp3) is 0.143. The number of nitro benzene ring substituents is 1. The molecule has 1 amide bonds. The van der Waals surface area contributed by atoms with Crippen molar-refractivity contribution < 1.29 is 28.0 Å². The van der Waals surface area contributed by atoms with Gasteiger partial charge in [0.15, 0.2) is 11.5 Å². The van der Waals surface area contributed by atoms with Crippen LogP contribution >= 0.6 is 11.8 Å². The largest absolute Gasteiger partial charge is 0.493 e. The molecule has 8 nitrogen and oxygen atoms in total. The first-order valence-electron chi connectivity index (χ1n) is 9.11. The van der Waals surface area contributed by atoms with Crippen molar-refractivity contribution >= 4 is 29.0 Å². The molecule has 3 rings (SSSR count). The SMILES string of the molecule is COc1cc(C(=O)Nc2ccc(SCc3cccnc3)cc2)c([N+](=O)[O-])cc1OC(F)F. The Labute approximate surface area is 185 Å². The Hall–Kier alpha value is -3.73. The zero-order valence-electron chi connectivity index (χ0n) is 16.7. The van der Waals surface area contributed by atoms with Crippen LogP contribution in [0.4, 0.5) is 20.2 Å². The molecule has 1 heterocycles. The van der Waals surface area contributed by atoms with E-state index in [1.165, 1.54) is 7.11 Å². The number of benzene rings is 2. The molecule has 0 fully saturated rings. The quantitative estimate of drug-likeness (QED) is 0.267. The number of nitrogens with zero attached hydrogens (tertiary/aromatic N) is 2. The molecule has 2 aromatic carbocycles. The highest BCUT2D eigenvalue weighted by atomic mass is 32.2. The summed E-state index contributed by atoms with van der Waals surface area (Å²) in [5.41, 5.74) is 0.420. The molecule has 0 saturated carbocycles. The molecule has 0 atom stereocenters. The summed E-state index contributed by atoms with van der Waals surface area (Å²) in [6.45, 7) is -3.21. The zero-order valence-corrected chi connectivity index (χ0v) is 17.5. The fourth-order valence-electron chi connectivity index (χ4n) is 2.71. The number of amides is 1. The summed E-state index contributed by atoms with van der Waals surface area (Å²) in [5, 5.41) is 13.9. The van der Waals surface area contributed by atoms with Crippen LogP contribution in [0.3, 0.4) is 0 Å². The Kier molecular flexibility index (Phi) is 7.55. The van der Waals surface area contributed by atoms with Gasteiger partial charge >= 0.3 is 6.61 Å². The molecule has 0 aliphatic carbocycles. The predicted molar refractivity (Wildman–Crippen MR) is 114 cm³/mol. The van der Waals surface area contributed by atoms with E-state index in [4.69, 9.17) is 4.74 Å². The molecule has 1 N–H and O–H groups in total. The van der Waals surface area contributed by atoms with E-state index >= 15 is 0 Å². The van der Waals surface area contributed by atoms with Gasteiger partial charge in [0.2, 0.25) is 0 Å². The van der Waals surface area contributed by atoms with Crippen molar-refractivity contribution in [3.8, 4) is 11.5 Å². The van der Waals surface area contributed by atoms with Crippen LogP contribution in [0.2, 0.25) is 0 Å². The lowest BCUT2D eigenvalue weighted by molar-refractivity contribution is -0.385. The molecule has 0 aliphatic heterocycles. The molecular weight excluding hydrogens is 444 g/mol. The van der Waals surface area contributed by atoms with E-state index in [1.54, 1.807) is 48.4 Å². The van der Waals surface area contributed by atoms with Crippen molar-refractivity contribution in [2.24, 2.45) is 0 Å². The molecule has 3 aromatic rings. The third-order valence-corrected chi connectivity index (χ3v) is 5.26. The van der Waals surface area contributed by atoms with E-state index < -0.39 is 28.9 Å². The van der Waals surface area contributed by atoms with E-state index in [2.05, 4.69) is 15.0 Å². The Bertz CT molecular complexity index is 1100. The summed E-state index contributed by atoms with van der Waals surface area (Å²) in [6, 6.07) is 12.4. The number of carbonyl (C=O) groups excluding carboxylic acids is 1. The van der Waals surface area contributed by atoms with Crippen molar-refractivity contribution in [1.29, 1.82) is 0 Å². The number of thioether (sulfide) groups is 1. The van der Waals surface area contributed by atoms with Crippen molar-refractivity contribution in [1.82, 2.24) is 4.98 Å². The standard InChI is InChI=1S/C21H17F2N3O5S/c1-30-18-9-16(17(26(28)29)10-19(18)31-21(22)23)20(27)25-14-4-6-15(7-5-14)32-12-13-3-2-8-24-11-13/h2-11,21H,12H2,1H3,(H,25,27). The normalized spacial score (nSPS) is 10.6. The number of hydrogen-bond acceptors (Lipinski definition) is 7. The molecule has 0 aliphatic rings. The Morgan fingerprint density at radius 1 is 1.22 bits per heavy atom. The summed E-state index contributed by atoms with van der Waals surface area (Å²) in [4.78, 5) is 28.2. The molecule has 0 bridgehead atoms. The van der Waals surface area contributed by atoms with Gasteiger partial charge in [0.25, 0.3) is 11.6 Å². The lowest BCUT2D eigenvalue weighted by Crippen LogP contribution is -2.15. The van der Waals surface area contributed by atoms with Crippen molar-refractivity contribution in [3.05, 3.63) is 82.2 Å². The molecule has 0 radical (unpaired) electrons. The summed E-state index contributed by atoms with van der Waals surface area (Å²) in [6.07, 6.45) is 3.48. The number of carbonyl (C=O) groups is 1. The maximum absolute atomic E-state index is 12.7. The summed E-state index contributed by atoms with van der Waals surface area (Å²) in [5.74, 6) is -0.850. The summed E-state index contributed by atoms with van der Waals surface area (Å²) in [7, 11) is 1.17. The topological polar surface area (TPSA) is 104 Å². The third-order valence-electron chi connectivity index (χ3n) is 4.18. The molecule has 11 heteroatoms. The Morgan fingerprint density at radius 3 is 2.56 bits per heavy atom. The van der Waals surface area contributed by atoms with Gasteiger partial charge in [0.1, 0.15) is 5.56 Å². The van der Waals surface area contributed by atoms with Crippen LogP contribution in [0.15, 0.2) is 65.8 Å². The average Bonchev–Trinajstić information content (AvgIpc) is 2.78. The highest BCUT2D eigenvalue weighted by molar-refractivity contribution is 7.98. The molecule has 0 saturated heterocycles. The lowest BCUT2D eigenvalue weighted by atomic mass is 10.1. The number of methoxy groups -OCH3 is 1. The van der Waals surface area contributed by atoms with E-state index in [0.717, 1.165) is 28.3 Å². The van der Waals surface area contributed by atoms with Gasteiger partial charge in [-0.25, -0.2) is 0 Å². The van der Waals surface area contributed by atoms with E-state index in [9.17, 15) is 23.7 Å². The van der Waals surface area contributed by atoms with Gasteiger partial charge in [-0.15, -0.1) is 11.8 Å². The van der Waals surface area contributed by atoms with Gasteiger partial charge in [-0.2, -0.15) is 8.78 Å². The van der Waals surface area contributed by atoms with Gasteiger partial charge in [-0.1, -0.05) is 6.07 Å². The van der Waals surface area contributed by atoms with E-state index in [0.29, 0.717) is 5.69 Å². The first-order chi connectivity index (χ1) is 15.4. The third kappa shape index (κ3) is 5.91. The number of hydrogen-bond donors (Lipinski definition) is 1. The number of halogens is 2.